The van der Waals surface area contributed by atoms with E-state index in [1.54, 1.807) is 12.3 Å². The highest BCUT2D eigenvalue weighted by atomic mass is 19.1. The summed E-state index contributed by atoms with van der Waals surface area (Å²) < 4.78 is 13.4. The topological polar surface area (TPSA) is 12.9 Å². The van der Waals surface area contributed by atoms with Crippen LogP contribution in [0.2, 0.25) is 0 Å². The van der Waals surface area contributed by atoms with Crippen LogP contribution < -0.4 is 0 Å². The van der Waals surface area contributed by atoms with Crippen molar-refractivity contribution in [2.75, 3.05) is 0 Å². The third-order valence-corrected chi connectivity index (χ3v) is 4.35. The molecule has 0 radical (unpaired) electrons. The van der Waals surface area contributed by atoms with Gasteiger partial charge in [-0.15, -0.1) is 0 Å². The number of fused-ring (bicyclic) bond motifs is 1. The largest absolute Gasteiger partial charge is 0.264 e. The lowest BCUT2D eigenvalue weighted by atomic mass is 9.94. The summed E-state index contributed by atoms with van der Waals surface area (Å²) in [7, 11) is 0. The second-order valence-corrected chi connectivity index (χ2v) is 5.94. The normalized spacial score (nSPS) is 10.9. The van der Waals surface area contributed by atoms with Crippen molar-refractivity contribution in [2.24, 2.45) is 0 Å². The van der Waals surface area contributed by atoms with Crippen LogP contribution in [0, 0.1) is 12.7 Å². The first-order chi connectivity index (χ1) is 11.7. The van der Waals surface area contributed by atoms with Gasteiger partial charge in [0.15, 0.2) is 0 Å². The smallest absolute Gasteiger partial charge is 0.123 e. The molecular weight excluding hydrogens is 297 g/mol. The molecule has 3 aromatic carbocycles. The highest BCUT2D eigenvalue weighted by Crippen LogP contribution is 2.32. The van der Waals surface area contributed by atoms with Gasteiger partial charge in [0.05, 0.1) is 0 Å². The van der Waals surface area contributed by atoms with Gasteiger partial charge in [-0.25, -0.2) is 4.39 Å². The number of aryl methyl sites for hydroxylation is 1. The molecule has 1 heterocycles. The number of rotatable bonds is 2. The average Bonchev–Trinajstić information content (AvgIpc) is 2.61. The van der Waals surface area contributed by atoms with Crippen LogP contribution in [0.3, 0.4) is 0 Å². The Balaban J connectivity index is 1.88. The quantitative estimate of drug-likeness (QED) is 0.441. The van der Waals surface area contributed by atoms with Crippen LogP contribution in [-0.4, -0.2) is 4.98 Å². The van der Waals surface area contributed by atoms with E-state index in [0.717, 1.165) is 27.6 Å². The molecule has 4 aromatic rings. The second kappa shape index (κ2) is 5.89. The van der Waals surface area contributed by atoms with Gasteiger partial charge in [0.1, 0.15) is 5.82 Å². The van der Waals surface area contributed by atoms with E-state index in [1.807, 2.05) is 25.3 Å². The molecule has 0 saturated carbocycles. The minimum Gasteiger partial charge on any atom is -0.264 e. The van der Waals surface area contributed by atoms with Gasteiger partial charge >= 0.3 is 0 Å². The molecule has 0 saturated heterocycles. The lowest BCUT2D eigenvalue weighted by Gasteiger charge is -2.10. The lowest BCUT2D eigenvalue weighted by Crippen LogP contribution is -1.87. The monoisotopic (exact) mass is 313 g/mol. The molecule has 4 rings (SSSR count). The molecule has 2 heteroatoms. The Hall–Kier alpha value is -3.00. The summed E-state index contributed by atoms with van der Waals surface area (Å²) >= 11 is 0. The molecule has 116 valence electrons. The van der Waals surface area contributed by atoms with Gasteiger partial charge in [0, 0.05) is 18.0 Å². The zero-order valence-electron chi connectivity index (χ0n) is 13.3. The fraction of sp³-hybridized carbons (Fsp3) is 0.0455. The minimum absolute atomic E-state index is 0.198. The van der Waals surface area contributed by atoms with Gasteiger partial charge in [-0.1, -0.05) is 42.5 Å². The summed E-state index contributed by atoms with van der Waals surface area (Å²) in [6.45, 7) is 1.94. The van der Waals surface area contributed by atoms with Gasteiger partial charge in [-0.05, 0) is 64.2 Å². The van der Waals surface area contributed by atoms with E-state index >= 15 is 0 Å². The van der Waals surface area contributed by atoms with Gasteiger partial charge in [-0.2, -0.15) is 0 Å². The third kappa shape index (κ3) is 2.56. The van der Waals surface area contributed by atoms with Crippen molar-refractivity contribution in [1.29, 1.82) is 0 Å². The maximum absolute atomic E-state index is 13.4. The van der Waals surface area contributed by atoms with E-state index in [4.69, 9.17) is 0 Å². The fourth-order valence-corrected chi connectivity index (χ4v) is 3.18. The highest BCUT2D eigenvalue weighted by Gasteiger charge is 2.07. The van der Waals surface area contributed by atoms with Crippen LogP contribution in [0.1, 0.15) is 5.56 Å². The molecule has 0 spiro atoms. The second-order valence-electron chi connectivity index (χ2n) is 5.94. The molecule has 0 aliphatic carbocycles. The van der Waals surface area contributed by atoms with Crippen LogP contribution in [0.25, 0.3) is 33.0 Å². The van der Waals surface area contributed by atoms with Gasteiger partial charge < -0.3 is 0 Å². The van der Waals surface area contributed by atoms with E-state index in [1.165, 1.54) is 17.0 Å². The van der Waals surface area contributed by atoms with E-state index in [-0.39, 0.29) is 5.82 Å². The Morgan fingerprint density at radius 2 is 1.71 bits per heavy atom. The first kappa shape index (κ1) is 14.6. The molecule has 0 aliphatic heterocycles. The molecule has 0 aliphatic rings. The van der Waals surface area contributed by atoms with Crippen LogP contribution in [0.15, 0.2) is 79.1 Å². The number of nitrogens with zero attached hydrogens (tertiary/aromatic N) is 1. The fourth-order valence-electron chi connectivity index (χ4n) is 3.18. The van der Waals surface area contributed by atoms with E-state index in [0.29, 0.717) is 0 Å². The standard InChI is InChI=1S/C22H16FN/c1-15-12-19(23)8-10-20(15)17-7-9-22-16(13-17)4-2-6-21(22)18-5-3-11-24-14-18/h2-14H,1H3. The number of hydrogen-bond acceptors (Lipinski definition) is 1. The van der Waals surface area contributed by atoms with Crippen molar-refractivity contribution in [3.8, 4) is 22.3 Å². The summed E-state index contributed by atoms with van der Waals surface area (Å²) in [6, 6.07) is 21.6. The number of hydrogen-bond donors (Lipinski definition) is 0. The third-order valence-electron chi connectivity index (χ3n) is 4.35. The van der Waals surface area contributed by atoms with E-state index in [2.05, 4.69) is 47.4 Å². The zero-order chi connectivity index (χ0) is 16.5. The number of aromatic nitrogens is 1. The molecule has 1 aromatic heterocycles. The molecule has 24 heavy (non-hydrogen) atoms. The number of pyridine rings is 1. The maximum atomic E-state index is 13.4. The number of halogens is 1. The van der Waals surface area contributed by atoms with E-state index < -0.39 is 0 Å². The first-order valence-electron chi connectivity index (χ1n) is 7.92. The van der Waals surface area contributed by atoms with E-state index in [9.17, 15) is 4.39 Å². The van der Waals surface area contributed by atoms with Crippen LogP contribution in [-0.2, 0) is 0 Å². The molecule has 0 atom stereocenters. The van der Waals surface area contributed by atoms with Gasteiger partial charge in [-0.3, -0.25) is 4.98 Å². The Morgan fingerprint density at radius 3 is 2.50 bits per heavy atom. The van der Waals surface area contributed by atoms with Crippen molar-refractivity contribution in [3.63, 3.8) is 0 Å². The molecule has 0 N–H and O–H groups in total. The SMILES string of the molecule is Cc1cc(F)ccc1-c1ccc2c(-c3cccnc3)cccc2c1. The Morgan fingerprint density at radius 1 is 0.792 bits per heavy atom. The van der Waals surface area contributed by atoms with Gasteiger partial charge in [0.25, 0.3) is 0 Å². The van der Waals surface area contributed by atoms with Crippen LogP contribution in [0.5, 0.6) is 0 Å². The lowest BCUT2D eigenvalue weighted by molar-refractivity contribution is 0.627. The molecular formula is C22H16FN. The van der Waals surface area contributed by atoms with Crippen molar-refractivity contribution in [2.45, 2.75) is 6.92 Å². The maximum Gasteiger partial charge on any atom is 0.123 e. The zero-order valence-corrected chi connectivity index (χ0v) is 13.3. The predicted molar refractivity (Wildman–Crippen MR) is 97.3 cm³/mol. The van der Waals surface area contributed by atoms with Crippen LogP contribution >= 0.6 is 0 Å². The molecule has 0 amide bonds. The summed E-state index contributed by atoms with van der Waals surface area (Å²) in [4.78, 5) is 4.22. The average molecular weight is 313 g/mol. The molecule has 0 bridgehead atoms. The Kier molecular flexibility index (Phi) is 3.58. The minimum atomic E-state index is -0.198. The first-order valence-corrected chi connectivity index (χ1v) is 7.92. The predicted octanol–water partition coefficient (Wildman–Crippen LogP) is 6.02. The summed E-state index contributed by atoms with van der Waals surface area (Å²) in [5, 5.41) is 2.35. The summed E-state index contributed by atoms with van der Waals surface area (Å²) in [5.41, 5.74) is 5.38. The van der Waals surface area contributed by atoms with Crippen molar-refractivity contribution < 1.29 is 4.39 Å². The van der Waals surface area contributed by atoms with Crippen molar-refractivity contribution >= 4 is 10.8 Å². The van der Waals surface area contributed by atoms with Crippen molar-refractivity contribution in [3.05, 3.63) is 90.5 Å². The molecule has 0 unspecified atom stereocenters. The van der Waals surface area contributed by atoms with Crippen LogP contribution in [0.4, 0.5) is 4.39 Å². The molecule has 0 fully saturated rings. The summed E-state index contributed by atoms with van der Waals surface area (Å²) in [5.74, 6) is -0.198. The highest BCUT2D eigenvalue weighted by molar-refractivity contribution is 5.98. The van der Waals surface area contributed by atoms with Crippen molar-refractivity contribution in [1.82, 2.24) is 4.98 Å². The summed E-state index contributed by atoms with van der Waals surface area (Å²) in [6.07, 6.45) is 3.66. The number of benzene rings is 3. The molecule has 1 nitrogen and oxygen atoms in total. The Bertz CT molecular complexity index is 1020. The van der Waals surface area contributed by atoms with Gasteiger partial charge in [0.2, 0.25) is 0 Å². The Labute approximate surface area is 140 Å².